The molecule has 0 saturated heterocycles. The Morgan fingerprint density at radius 1 is 0.620 bits per heavy atom. The first kappa shape index (κ1) is 39.3. The van der Waals surface area contributed by atoms with Crippen molar-refractivity contribution in [3.8, 4) is 11.5 Å². The number of rotatable bonds is 19. The first-order valence-corrected chi connectivity index (χ1v) is 15.9. The van der Waals surface area contributed by atoms with Crippen molar-refractivity contribution >= 4 is 35.4 Å². The fourth-order valence-corrected chi connectivity index (χ4v) is 4.47. The van der Waals surface area contributed by atoms with Crippen LogP contribution < -0.4 is 20.9 Å². The van der Waals surface area contributed by atoms with E-state index < -0.39 is 42.8 Å². The maximum Gasteiger partial charge on any atom is 0.453 e. The molecule has 0 saturated carbocycles. The monoisotopic (exact) mass is 706 g/mol. The molecular weight excluding hydrogens is 667 g/mol. The van der Waals surface area contributed by atoms with Crippen LogP contribution in [-0.2, 0) is 14.3 Å². The predicted octanol–water partition coefficient (Wildman–Crippen LogP) is 8.18. The number of carbonyl (C=O) groups is 3. The normalized spacial score (nSPS) is 11.7. The lowest BCUT2D eigenvalue weighted by molar-refractivity contribution is -0.284. The van der Waals surface area contributed by atoms with Crippen LogP contribution in [0.15, 0.2) is 72.8 Å². The second kappa shape index (κ2) is 19.2. The van der Waals surface area contributed by atoms with Crippen LogP contribution in [0.4, 0.5) is 33.3 Å². The Kier molecular flexibility index (Phi) is 15.1. The highest BCUT2D eigenvalue weighted by atomic mass is 19.4. The summed E-state index contributed by atoms with van der Waals surface area (Å²) in [4.78, 5) is 36.6. The van der Waals surface area contributed by atoms with E-state index >= 15 is 0 Å². The van der Waals surface area contributed by atoms with Crippen LogP contribution in [0.2, 0.25) is 0 Å². The summed E-state index contributed by atoms with van der Waals surface area (Å²) in [6.07, 6.45) is 0.477. The molecule has 0 aliphatic heterocycles. The van der Waals surface area contributed by atoms with E-state index in [1.165, 1.54) is 54.6 Å². The van der Waals surface area contributed by atoms with E-state index in [1.807, 2.05) is 0 Å². The van der Waals surface area contributed by atoms with Crippen LogP contribution in [-0.4, -0.2) is 49.8 Å². The standard InChI is InChI=1S/C36H39F5N2O7/c37-35(38,36(39,40)41)18-7-21-47-30-15-11-26(12-16-30)34(46)50-31-13-8-25(9-14-31)10-17-32(44)48-19-5-3-1-2-4-6-20-49-33(45)27-22-28(42)24-29(43)23-27/h8-17,22-24H,1-7,18-21,42-43H2. The van der Waals surface area contributed by atoms with E-state index in [0.717, 1.165) is 32.1 Å². The summed E-state index contributed by atoms with van der Waals surface area (Å²) in [5.74, 6) is -5.98. The van der Waals surface area contributed by atoms with Crippen LogP contribution in [0.25, 0.3) is 6.08 Å². The van der Waals surface area contributed by atoms with Gasteiger partial charge in [-0.1, -0.05) is 37.8 Å². The molecule has 0 atom stereocenters. The van der Waals surface area contributed by atoms with E-state index in [1.54, 1.807) is 24.3 Å². The van der Waals surface area contributed by atoms with Gasteiger partial charge in [-0.3, -0.25) is 0 Å². The number of esters is 3. The molecule has 50 heavy (non-hydrogen) atoms. The van der Waals surface area contributed by atoms with Crippen molar-refractivity contribution in [3.63, 3.8) is 0 Å². The maximum absolute atomic E-state index is 13.0. The SMILES string of the molecule is Nc1cc(N)cc(C(=O)OCCCCCCCCOC(=O)C=Cc2ccc(OC(=O)c3ccc(OCCCC(F)(F)C(F)(F)F)cc3)cc2)c1. The number of ether oxygens (including phenoxy) is 4. The molecular formula is C36H39F5N2O7. The van der Waals surface area contributed by atoms with Crippen molar-refractivity contribution in [3.05, 3.63) is 89.5 Å². The number of hydrogen-bond donors (Lipinski definition) is 2. The molecule has 0 fully saturated rings. The van der Waals surface area contributed by atoms with Gasteiger partial charge in [0.15, 0.2) is 0 Å². The molecule has 3 aromatic rings. The van der Waals surface area contributed by atoms with Gasteiger partial charge in [0.25, 0.3) is 0 Å². The number of benzene rings is 3. The average Bonchev–Trinajstić information content (AvgIpc) is 3.06. The molecule has 3 aromatic carbocycles. The Bertz CT molecular complexity index is 1560. The van der Waals surface area contributed by atoms with Crippen molar-refractivity contribution < 1.29 is 55.3 Å². The number of hydrogen-bond acceptors (Lipinski definition) is 9. The average molecular weight is 707 g/mol. The Morgan fingerprint density at radius 3 is 1.78 bits per heavy atom. The highest BCUT2D eigenvalue weighted by Crippen LogP contribution is 2.38. The van der Waals surface area contributed by atoms with Gasteiger partial charge in [-0.15, -0.1) is 0 Å². The first-order valence-electron chi connectivity index (χ1n) is 15.9. The molecule has 0 aliphatic rings. The minimum Gasteiger partial charge on any atom is -0.494 e. The summed E-state index contributed by atoms with van der Waals surface area (Å²) < 4.78 is 83.6. The van der Waals surface area contributed by atoms with Gasteiger partial charge in [-0.25, -0.2) is 14.4 Å². The van der Waals surface area contributed by atoms with Gasteiger partial charge in [0, 0.05) is 23.9 Å². The van der Waals surface area contributed by atoms with Crippen LogP contribution in [0.1, 0.15) is 77.6 Å². The van der Waals surface area contributed by atoms with Crippen molar-refractivity contribution in [2.24, 2.45) is 0 Å². The lowest BCUT2D eigenvalue weighted by atomic mass is 10.1. The third-order valence-corrected chi connectivity index (χ3v) is 7.14. The van der Waals surface area contributed by atoms with Gasteiger partial charge in [0.05, 0.1) is 30.9 Å². The van der Waals surface area contributed by atoms with Crippen molar-refractivity contribution in [2.75, 3.05) is 31.3 Å². The molecule has 9 nitrogen and oxygen atoms in total. The molecule has 4 N–H and O–H groups in total. The molecule has 0 aliphatic carbocycles. The van der Waals surface area contributed by atoms with Crippen LogP contribution >= 0.6 is 0 Å². The van der Waals surface area contributed by atoms with E-state index in [2.05, 4.69) is 0 Å². The molecule has 0 aromatic heterocycles. The van der Waals surface area contributed by atoms with E-state index in [-0.39, 0.29) is 30.3 Å². The zero-order chi connectivity index (χ0) is 36.6. The molecule has 0 bridgehead atoms. The highest BCUT2D eigenvalue weighted by molar-refractivity contribution is 5.92. The Labute approximate surface area is 286 Å². The van der Waals surface area contributed by atoms with E-state index in [0.29, 0.717) is 35.5 Å². The summed E-state index contributed by atoms with van der Waals surface area (Å²) >= 11 is 0. The van der Waals surface area contributed by atoms with E-state index in [4.69, 9.17) is 30.4 Å². The van der Waals surface area contributed by atoms with Crippen molar-refractivity contribution in [1.29, 1.82) is 0 Å². The lowest BCUT2D eigenvalue weighted by Gasteiger charge is -2.19. The molecule has 0 unspecified atom stereocenters. The summed E-state index contributed by atoms with van der Waals surface area (Å²) in [6.45, 7) is 0.230. The lowest BCUT2D eigenvalue weighted by Crippen LogP contribution is -2.36. The maximum atomic E-state index is 13.0. The number of alkyl halides is 5. The molecule has 270 valence electrons. The predicted molar refractivity (Wildman–Crippen MR) is 177 cm³/mol. The Morgan fingerprint density at radius 2 is 1.18 bits per heavy atom. The molecule has 0 radical (unpaired) electrons. The molecule has 3 rings (SSSR count). The van der Waals surface area contributed by atoms with Crippen molar-refractivity contribution in [1.82, 2.24) is 0 Å². The topological polar surface area (TPSA) is 140 Å². The Balaban J connectivity index is 1.25. The zero-order valence-corrected chi connectivity index (χ0v) is 27.2. The number of anilines is 2. The highest BCUT2D eigenvalue weighted by Gasteiger charge is 2.56. The number of nitrogen functional groups attached to an aromatic ring is 2. The van der Waals surface area contributed by atoms with Crippen LogP contribution in [0.3, 0.4) is 0 Å². The van der Waals surface area contributed by atoms with Crippen LogP contribution in [0.5, 0.6) is 11.5 Å². The van der Waals surface area contributed by atoms with Gasteiger partial charge in [0.2, 0.25) is 0 Å². The summed E-state index contributed by atoms with van der Waals surface area (Å²) in [5.41, 5.74) is 13.3. The second-order valence-corrected chi connectivity index (χ2v) is 11.3. The van der Waals surface area contributed by atoms with Gasteiger partial charge in [0.1, 0.15) is 11.5 Å². The number of unbranched alkanes of at least 4 members (excludes halogenated alkanes) is 5. The first-order chi connectivity index (χ1) is 23.7. The quantitative estimate of drug-likeness (QED) is 0.0315. The molecule has 0 heterocycles. The largest absolute Gasteiger partial charge is 0.494 e. The fraction of sp³-hybridized carbons (Fsp3) is 0.361. The van der Waals surface area contributed by atoms with Gasteiger partial charge < -0.3 is 30.4 Å². The van der Waals surface area contributed by atoms with Gasteiger partial charge in [-0.05, 0) is 85.5 Å². The van der Waals surface area contributed by atoms with Gasteiger partial charge >= 0.3 is 30.0 Å². The number of carbonyl (C=O) groups excluding carboxylic acids is 3. The summed E-state index contributed by atoms with van der Waals surface area (Å²) in [7, 11) is 0. The summed E-state index contributed by atoms with van der Waals surface area (Å²) in [6, 6.07) is 16.4. The summed E-state index contributed by atoms with van der Waals surface area (Å²) in [5, 5.41) is 0. The van der Waals surface area contributed by atoms with Crippen LogP contribution in [0, 0.1) is 0 Å². The number of nitrogens with two attached hydrogens (primary N) is 2. The molecule has 14 heteroatoms. The minimum atomic E-state index is -5.61. The smallest absolute Gasteiger partial charge is 0.453 e. The Hall–Kier alpha value is -5.14. The number of halogens is 5. The fourth-order valence-electron chi connectivity index (χ4n) is 4.47. The zero-order valence-electron chi connectivity index (χ0n) is 27.2. The molecule has 0 spiro atoms. The molecule has 0 amide bonds. The third kappa shape index (κ3) is 13.8. The van der Waals surface area contributed by atoms with E-state index in [9.17, 15) is 36.3 Å². The second-order valence-electron chi connectivity index (χ2n) is 11.3. The van der Waals surface area contributed by atoms with Gasteiger partial charge in [-0.2, -0.15) is 22.0 Å². The third-order valence-electron chi connectivity index (χ3n) is 7.14. The minimum absolute atomic E-state index is 0.160. The van der Waals surface area contributed by atoms with Crippen molar-refractivity contribution in [2.45, 2.75) is 63.5 Å².